The first-order chi connectivity index (χ1) is 19.1. The first kappa shape index (κ1) is 32.2. The second-order valence-electron chi connectivity index (χ2n) is 10.9. The Bertz CT molecular complexity index is 1240. The number of amides is 1. The Hall–Kier alpha value is -2.36. The third-order valence-corrected chi connectivity index (χ3v) is 10.2. The van der Waals surface area contributed by atoms with E-state index in [1.807, 2.05) is 49.6 Å². The average molecular weight is 589 g/mol. The Kier molecular flexibility index (Phi) is 12.5. The van der Waals surface area contributed by atoms with E-state index in [0.717, 1.165) is 41.5 Å². The van der Waals surface area contributed by atoms with Crippen molar-refractivity contribution in [3.8, 4) is 11.1 Å². The molecule has 220 valence electrons. The molecular formula is C31H44N2O5S2. The van der Waals surface area contributed by atoms with E-state index in [-0.39, 0.29) is 17.5 Å². The van der Waals surface area contributed by atoms with Crippen molar-refractivity contribution in [2.75, 3.05) is 23.5 Å². The summed E-state index contributed by atoms with van der Waals surface area (Å²) in [6.45, 7) is 4.15. The number of carbonyl (C=O) groups is 2. The van der Waals surface area contributed by atoms with Crippen LogP contribution >= 0.6 is 11.8 Å². The summed E-state index contributed by atoms with van der Waals surface area (Å²) in [5.41, 5.74) is 3.99. The molecule has 1 aliphatic carbocycles. The third kappa shape index (κ3) is 9.63. The molecule has 7 nitrogen and oxygen atoms in total. The van der Waals surface area contributed by atoms with Gasteiger partial charge in [-0.15, -0.1) is 0 Å². The lowest BCUT2D eigenvalue weighted by molar-refractivity contribution is -0.139. The highest BCUT2D eigenvalue weighted by atomic mass is 32.2. The topological polar surface area (TPSA) is 113 Å². The molecule has 0 spiro atoms. The van der Waals surface area contributed by atoms with Crippen molar-refractivity contribution < 1.29 is 23.1 Å². The summed E-state index contributed by atoms with van der Waals surface area (Å²) in [5, 5.41) is 15.9. The van der Waals surface area contributed by atoms with Gasteiger partial charge in [0.2, 0.25) is 0 Å². The monoisotopic (exact) mass is 588 g/mol. The smallest absolute Gasteiger partial charge is 0.326 e. The number of carboxylic acids is 1. The Morgan fingerprint density at radius 3 is 2.45 bits per heavy atom. The molecule has 2 atom stereocenters. The minimum Gasteiger partial charge on any atom is -0.480 e. The molecule has 0 aliphatic heterocycles. The molecule has 2 aromatic carbocycles. The van der Waals surface area contributed by atoms with Gasteiger partial charge >= 0.3 is 5.97 Å². The van der Waals surface area contributed by atoms with Crippen LogP contribution in [0.4, 0.5) is 0 Å². The predicted molar refractivity (Wildman–Crippen MR) is 165 cm³/mol. The summed E-state index contributed by atoms with van der Waals surface area (Å²) in [6.07, 6.45) is 9.07. The Morgan fingerprint density at radius 1 is 1.07 bits per heavy atom. The highest BCUT2D eigenvalue weighted by Crippen LogP contribution is 2.30. The molecule has 3 N–H and O–H groups in total. The minimum atomic E-state index is -3.14. The summed E-state index contributed by atoms with van der Waals surface area (Å²) in [4.78, 5) is 25.1. The standard InChI is InChI=1S/C31H44N2O5S2/c1-4-40(37,38)21-25(18-23-11-6-5-7-12-23)32-20-24-14-15-27(28(19-24)26-13-9-8-10-22(26)2)30(34)33-29(31(35)36)16-17-39-3/h8-10,13-15,19,23,25,29,32H,4-7,11-12,16-18,20-21H2,1-3H3,(H,33,34)(H,35,36)/t25-,29-/m0/s1. The molecule has 0 unspecified atom stereocenters. The molecule has 1 fully saturated rings. The lowest BCUT2D eigenvalue weighted by Crippen LogP contribution is -2.41. The molecule has 0 radical (unpaired) electrons. The first-order valence-corrected chi connectivity index (χ1v) is 17.5. The van der Waals surface area contributed by atoms with Crippen molar-refractivity contribution >= 4 is 33.5 Å². The normalized spacial score (nSPS) is 15.9. The fourth-order valence-electron chi connectivity index (χ4n) is 5.45. The first-order valence-electron chi connectivity index (χ1n) is 14.3. The molecule has 1 aliphatic rings. The summed E-state index contributed by atoms with van der Waals surface area (Å²) in [5.74, 6) is -0.0480. The number of carboxylic acid groups (broad SMARTS) is 1. The van der Waals surface area contributed by atoms with E-state index in [1.165, 1.54) is 31.0 Å². The van der Waals surface area contributed by atoms with Crippen LogP contribution in [0, 0.1) is 12.8 Å². The maximum atomic E-state index is 13.4. The third-order valence-electron chi connectivity index (χ3n) is 7.81. The van der Waals surface area contributed by atoms with E-state index in [0.29, 0.717) is 30.2 Å². The number of aryl methyl sites for hydroxylation is 1. The second kappa shape index (κ2) is 15.6. The molecule has 0 heterocycles. The number of hydrogen-bond acceptors (Lipinski definition) is 6. The molecule has 3 rings (SSSR count). The van der Waals surface area contributed by atoms with Crippen LogP contribution in [-0.2, 0) is 21.2 Å². The van der Waals surface area contributed by atoms with Crippen molar-refractivity contribution in [2.45, 2.75) is 77.4 Å². The highest BCUT2D eigenvalue weighted by molar-refractivity contribution is 7.98. The fourth-order valence-corrected chi connectivity index (χ4v) is 7.02. The van der Waals surface area contributed by atoms with Gasteiger partial charge in [0, 0.05) is 23.9 Å². The van der Waals surface area contributed by atoms with Crippen LogP contribution in [0.5, 0.6) is 0 Å². The summed E-state index contributed by atoms with van der Waals surface area (Å²) >= 11 is 1.54. The predicted octanol–water partition coefficient (Wildman–Crippen LogP) is 5.46. The number of thioether (sulfide) groups is 1. The van der Waals surface area contributed by atoms with Gasteiger partial charge in [0.25, 0.3) is 5.91 Å². The SMILES string of the molecule is CCS(=O)(=O)C[C@H](CC1CCCCC1)NCc1ccc(C(=O)N[C@@H](CCSC)C(=O)O)c(-c2ccccc2C)c1. The van der Waals surface area contributed by atoms with Crippen molar-refractivity contribution in [1.82, 2.24) is 10.6 Å². The highest BCUT2D eigenvalue weighted by Gasteiger charge is 2.25. The van der Waals surface area contributed by atoms with Crippen molar-refractivity contribution in [3.05, 3.63) is 59.2 Å². The van der Waals surface area contributed by atoms with Gasteiger partial charge in [0.15, 0.2) is 9.84 Å². The number of rotatable bonds is 15. The molecular weight excluding hydrogens is 544 g/mol. The number of benzene rings is 2. The molecule has 0 bridgehead atoms. The Labute approximate surface area is 243 Å². The number of hydrogen-bond donors (Lipinski definition) is 3. The van der Waals surface area contributed by atoms with E-state index in [1.54, 1.807) is 13.0 Å². The Balaban J connectivity index is 1.87. The lowest BCUT2D eigenvalue weighted by atomic mass is 9.85. The largest absolute Gasteiger partial charge is 0.480 e. The maximum absolute atomic E-state index is 13.4. The van der Waals surface area contributed by atoms with Gasteiger partial charge in [0.05, 0.1) is 5.75 Å². The van der Waals surface area contributed by atoms with Gasteiger partial charge in [-0.25, -0.2) is 13.2 Å². The summed E-state index contributed by atoms with van der Waals surface area (Å²) < 4.78 is 25.1. The zero-order valence-corrected chi connectivity index (χ0v) is 25.6. The van der Waals surface area contributed by atoms with Crippen LogP contribution in [0.2, 0.25) is 0 Å². The molecule has 2 aromatic rings. The zero-order valence-electron chi connectivity index (χ0n) is 23.9. The van der Waals surface area contributed by atoms with E-state index in [4.69, 9.17) is 0 Å². The number of nitrogens with one attached hydrogen (secondary N) is 2. The average Bonchev–Trinajstić information content (AvgIpc) is 2.94. The van der Waals surface area contributed by atoms with Crippen LogP contribution in [-0.4, -0.2) is 61.0 Å². The minimum absolute atomic E-state index is 0.123. The van der Waals surface area contributed by atoms with E-state index in [2.05, 4.69) is 10.6 Å². The number of carbonyl (C=O) groups excluding carboxylic acids is 1. The molecule has 0 aromatic heterocycles. The molecule has 1 saturated carbocycles. The number of sulfone groups is 1. The molecule has 1 amide bonds. The molecule has 9 heteroatoms. The van der Waals surface area contributed by atoms with Crippen molar-refractivity contribution in [1.29, 1.82) is 0 Å². The van der Waals surface area contributed by atoms with E-state index >= 15 is 0 Å². The van der Waals surface area contributed by atoms with Gasteiger partial charge in [-0.05, 0) is 72.1 Å². The van der Waals surface area contributed by atoms with Crippen LogP contribution in [0.3, 0.4) is 0 Å². The van der Waals surface area contributed by atoms with Crippen molar-refractivity contribution in [3.63, 3.8) is 0 Å². The maximum Gasteiger partial charge on any atom is 0.326 e. The lowest BCUT2D eigenvalue weighted by Gasteiger charge is -2.27. The molecule has 40 heavy (non-hydrogen) atoms. The van der Waals surface area contributed by atoms with Gasteiger partial charge < -0.3 is 15.7 Å². The van der Waals surface area contributed by atoms with Crippen molar-refractivity contribution in [2.24, 2.45) is 5.92 Å². The summed E-state index contributed by atoms with van der Waals surface area (Å²) in [6, 6.07) is 12.3. The quantitative estimate of drug-likeness (QED) is 0.253. The van der Waals surface area contributed by atoms with E-state index < -0.39 is 27.8 Å². The fraction of sp³-hybridized carbons (Fsp3) is 0.548. The zero-order chi connectivity index (χ0) is 29.1. The van der Waals surface area contributed by atoms with Crippen LogP contribution in [0.15, 0.2) is 42.5 Å². The van der Waals surface area contributed by atoms with E-state index in [9.17, 15) is 23.1 Å². The van der Waals surface area contributed by atoms with Gasteiger partial charge in [-0.2, -0.15) is 11.8 Å². The van der Waals surface area contributed by atoms with Crippen LogP contribution < -0.4 is 10.6 Å². The molecule has 0 saturated heterocycles. The van der Waals surface area contributed by atoms with Gasteiger partial charge in [-0.1, -0.05) is 69.4 Å². The van der Waals surface area contributed by atoms with Gasteiger partial charge in [0.1, 0.15) is 6.04 Å². The Morgan fingerprint density at radius 2 is 1.80 bits per heavy atom. The summed E-state index contributed by atoms with van der Waals surface area (Å²) in [7, 11) is -3.14. The van der Waals surface area contributed by atoms with Crippen LogP contribution in [0.1, 0.15) is 73.4 Å². The second-order valence-corrected chi connectivity index (χ2v) is 14.2. The number of aliphatic carboxylic acids is 1. The van der Waals surface area contributed by atoms with Crippen LogP contribution in [0.25, 0.3) is 11.1 Å². The van der Waals surface area contributed by atoms with Gasteiger partial charge in [-0.3, -0.25) is 4.79 Å².